The van der Waals surface area contributed by atoms with Crippen molar-refractivity contribution in [3.8, 4) is 0 Å². The summed E-state index contributed by atoms with van der Waals surface area (Å²) >= 11 is 1.39. The van der Waals surface area contributed by atoms with E-state index in [-0.39, 0.29) is 17.1 Å². The minimum Gasteiger partial charge on any atom is -0.381 e. The Labute approximate surface area is 160 Å². The van der Waals surface area contributed by atoms with Gasteiger partial charge in [0.25, 0.3) is 5.91 Å². The number of nitrogens with one attached hydrogen (secondary N) is 1. The van der Waals surface area contributed by atoms with Gasteiger partial charge in [-0.15, -0.1) is 0 Å². The van der Waals surface area contributed by atoms with Crippen LogP contribution in [0.3, 0.4) is 0 Å². The van der Waals surface area contributed by atoms with Crippen molar-refractivity contribution >= 4 is 32.6 Å². The van der Waals surface area contributed by atoms with Crippen molar-refractivity contribution in [3.05, 3.63) is 59.4 Å². The van der Waals surface area contributed by atoms with Gasteiger partial charge in [0.05, 0.1) is 10.2 Å². The average Bonchev–Trinajstić information content (AvgIpc) is 3.06. The number of aromatic nitrogens is 1. The molecule has 4 rings (SSSR count). The molecule has 3 aromatic rings. The lowest BCUT2D eigenvalue weighted by atomic mass is 9.74. The molecule has 1 aliphatic heterocycles. The number of ether oxygens (including phenoxy) is 1. The van der Waals surface area contributed by atoms with Crippen molar-refractivity contribution in [2.75, 3.05) is 25.5 Å². The SMILES string of the molecule is Nc1nc2cc(C(=O)NCC3(c4cccc(F)c4)CCOCC3)ccc2s1. The van der Waals surface area contributed by atoms with Crippen LogP contribution in [-0.2, 0) is 10.2 Å². The minimum absolute atomic E-state index is 0.175. The van der Waals surface area contributed by atoms with Crippen LogP contribution in [0.2, 0.25) is 0 Å². The summed E-state index contributed by atoms with van der Waals surface area (Å²) in [7, 11) is 0. The molecule has 0 radical (unpaired) electrons. The Morgan fingerprint density at radius 3 is 2.85 bits per heavy atom. The summed E-state index contributed by atoms with van der Waals surface area (Å²) < 4.78 is 20.2. The fourth-order valence-electron chi connectivity index (χ4n) is 3.59. The summed E-state index contributed by atoms with van der Waals surface area (Å²) in [6.07, 6.45) is 1.47. The van der Waals surface area contributed by atoms with E-state index in [2.05, 4.69) is 10.3 Å². The zero-order valence-corrected chi connectivity index (χ0v) is 15.5. The Morgan fingerprint density at radius 2 is 2.07 bits per heavy atom. The van der Waals surface area contributed by atoms with Crippen molar-refractivity contribution in [2.45, 2.75) is 18.3 Å². The Balaban J connectivity index is 1.55. The number of hydrogen-bond donors (Lipinski definition) is 2. The Hall–Kier alpha value is -2.51. The quantitative estimate of drug-likeness (QED) is 0.721. The highest BCUT2D eigenvalue weighted by Gasteiger charge is 2.35. The molecular formula is C20H20FN3O2S. The van der Waals surface area contributed by atoms with Crippen molar-refractivity contribution in [3.63, 3.8) is 0 Å². The highest BCUT2D eigenvalue weighted by Crippen LogP contribution is 2.34. The molecule has 0 aliphatic carbocycles. The van der Waals surface area contributed by atoms with Crippen LogP contribution in [-0.4, -0.2) is 30.6 Å². The van der Waals surface area contributed by atoms with E-state index >= 15 is 0 Å². The van der Waals surface area contributed by atoms with Gasteiger partial charge < -0.3 is 15.8 Å². The number of halogens is 1. The number of nitrogens with two attached hydrogens (primary N) is 1. The van der Waals surface area contributed by atoms with Crippen LogP contribution in [0.1, 0.15) is 28.8 Å². The molecule has 5 nitrogen and oxygen atoms in total. The summed E-state index contributed by atoms with van der Waals surface area (Å²) in [5.41, 5.74) is 7.56. The number of nitrogens with zero attached hydrogens (tertiary/aromatic N) is 1. The van der Waals surface area contributed by atoms with Crippen molar-refractivity contribution in [2.24, 2.45) is 0 Å². The fourth-order valence-corrected chi connectivity index (χ4v) is 4.30. The van der Waals surface area contributed by atoms with Crippen LogP contribution in [0.5, 0.6) is 0 Å². The molecule has 0 spiro atoms. The number of fused-ring (bicyclic) bond motifs is 1. The number of carbonyl (C=O) groups is 1. The molecule has 0 bridgehead atoms. The Morgan fingerprint density at radius 1 is 1.26 bits per heavy atom. The molecule has 1 fully saturated rings. The van der Waals surface area contributed by atoms with Crippen LogP contribution < -0.4 is 11.1 Å². The second-order valence-corrected chi connectivity index (χ2v) is 7.88. The molecule has 0 atom stereocenters. The van der Waals surface area contributed by atoms with Gasteiger partial charge >= 0.3 is 0 Å². The van der Waals surface area contributed by atoms with Crippen molar-refractivity contribution in [1.29, 1.82) is 0 Å². The van der Waals surface area contributed by atoms with Crippen LogP contribution in [0, 0.1) is 5.82 Å². The van der Waals surface area contributed by atoms with E-state index in [1.165, 1.54) is 17.4 Å². The highest BCUT2D eigenvalue weighted by molar-refractivity contribution is 7.22. The lowest BCUT2D eigenvalue weighted by molar-refractivity contribution is 0.0486. The third-order valence-electron chi connectivity index (χ3n) is 5.14. The topological polar surface area (TPSA) is 77.2 Å². The number of anilines is 1. The molecule has 140 valence electrons. The van der Waals surface area contributed by atoms with Gasteiger partial charge in [0.15, 0.2) is 5.13 Å². The third-order valence-corrected chi connectivity index (χ3v) is 6.01. The second-order valence-electron chi connectivity index (χ2n) is 6.82. The van der Waals surface area contributed by atoms with E-state index in [0.717, 1.165) is 28.6 Å². The second kappa shape index (κ2) is 7.25. The van der Waals surface area contributed by atoms with E-state index < -0.39 is 0 Å². The largest absolute Gasteiger partial charge is 0.381 e. The van der Waals surface area contributed by atoms with Gasteiger partial charge in [-0.25, -0.2) is 9.37 Å². The van der Waals surface area contributed by atoms with E-state index in [9.17, 15) is 9.18 Å². The number of benzene rings is 2. The predicted molar refractivity (Wildman–Crippen MR) is 104 cm³/mol. The summed E-state index contributed by atoms with van der Waals surface area (Å²) in [5, 5.41) is 3.51. The highest BCUT2D eigenvalue weighted by atomic mass is 32.1. The molecule has 1 saturated heterocycles. The fraction of sp³-hybridized carbons (Fsp3) is 0.300. The average molecular weight is 385 g/mol. The molecule has 3 N–H and O–H groups in total. The van der Waals surface area contributed by atoms with E-state index in [1.807, 2.05) is 12.1 Å². The van der Waals surface area contributed by atoms with Gasteiger partial charge in [-0.2, -0.15) is 0 Å². The molecule has 7 heteroatoms. The minimum atomic E-state index is -0.328. The number of rotatable bonds is 4. The first-order valence-corrected chi connectivity index (χ1v) is 9.65. The van der Waals surface area contributed by atoms with Crippen LogP contribution in [0.15, 0.2) is 42.5 Å². The van der Waals surface area contributed by atoms with Gasteiger partial charge in [0.1, 0.15) is 5.82 Å². The zero-order chi connectivity index (χ0) is 18.9. The normalized spacial score (nSPS) is 16.3. The summed E-state index contributed by atoms with van der Waals surface area (Å²) in [5.74, 6) is -0.443. The summed E-state index contributed by atoms with van der Waals surface area (Å²) in [6.45, 7) is 1.61. The molecule has 1 aromatic heterocycles. The third kappa shape index (κ3) is 3.65. The van der Waals surface area contributed by atoms with Crippen LogP contribution in [0.25, 0.3) is 10.2 Å². The number of thiazole rings is 1. The van der Waals surface area contributed by atoms with Gasteiger partial charge in [-0.1, -0.05) is 23.5 Å². The van der Waals surface area contributed by atoms with E-state index in [4.69, 9.17) is 10.5 Å². The molecule has 2 heterocycles. The van der Waals surface area contributed by atoms with Gasteiger partial charge in [0.2, 0.25) is 0 Å². The summed E-state index contributed by atoms with van der Waals surface area (Å²) in [6, 6.07) is 12.0. The maximum Gasteiger partial charge on any atom is 0.251 e. The monoisotopic (exact) mass is 385 g/mol. The first-order valence-electron chi connectivity index (χ1n) is 8.84. The Kier molecular flexibility index (Phi) is 4.80. The summed E-state index contributed by atoms with van der Waals surface area (Å²) in [4.78, 5) is 16.9. The smallest absolute Gasteiger partial charge is 0.251 e. The maximum atomic E-state index is 13.8. The number of hydrogen-bond acceptors (Lipinski definition) is 5. The molecule has 1 aliphatic rings. The maximum absolute atomic E-state index is 13.8. The molecule has 2 aromatic carbocycles. The zero-order valence-electron chi connectivity index (χ0n) is 14.7. The lowest BCUT2D eigenvalue weighted by Crippen LogP contribution is -2.44. The van der Waals surface area contributed by atoms with E-state index in [0.29, 0.717) is 30.5 Å². The van der Waals surface area contributed by atoms with Gasteiger partial charge in [-0.05, 0) is 48.7 Å². The Bertz CT molecular complexity index is 982. The first-order chi connectivity index (χ1) is 13.1. The number of carbonyl (C=O) groups excluding carboxylic acids is 1. The van der Waals surface area contributed by atoms with Crippen molar-refractivity contribution in [1.82, 2.24) is 10.3 Å². The number of nitrogen functional groups attached to an aromatic ring is 1. The number of amides is 1. The molecule has 0 unspecified atom stereocenters. The molecule has 1 amide bonds. The predicted octanol–water partition coefficient (Wildman–Crippen LogP) is 3.50. The van der Waals surface area contributed by atoms with E-state index in [1.54, 1.807) is 24.3 Å². The van der Waals surface area contributed by atoms with Crippen molar-refractivity contribution < 1.29 is 13.9 Å². The first kappa shape index (κ1) is 17.9. The van der Waals surface area contributed by atoms with Crippen LogP contribution >= 0.6 is 11.3 Å². The standard InChI is InChI=1S/C20H20FN3O2S/c21-15-3-1-2-14(11-15)20(6-8-26-9-7-20)12-23-18(25)13-4-5-17-16(10-13)24-19(22)27-17/h1-5,10-11H,6-9,12H2,(H2,22,24)(H,23,25). The van der Waals surface area contributed by atoms with Gasteiger partial charge in [0, 0.05) is 30.7 Å². The lowest BCUT2D eigenvalue weighted by Gasteiger charge is -2.38. The van der Waals surface area contributed by atoms with Gasteiger partial charge in [-0.3, -0.25) is 4.79 Å². The molecule has 0 saturated carbocycles. The molecular weight excluding hydrogens is 365 g/mol. The molecule has 27 heavy (non-hydrogen) atoms. The van der Waals surface area contributed by atoms with Crippen LogP contribution in [0.4, 0.5) is 9.52 Å².